The number of nitrogens with zero attached hydrogens (tertiary/aromatic N) is 2. The zero-order valence-electron chi connectivity index (χ0n) is 15.1. The van der Waals surface area contributed by atoms with Gasteiger partial charge in [-0.25, -0.2) is 0 Å². The minimum Gasteiger partial charge on any atom is -0.496 e. The predicted molar refractivity (Wildman–Crippen MR) is 102 cm³/mol. The molecular formula is C20H18N4O4. The minimum atomic E-state index is -0.312. The molecule has 8 nitrogen and oxygen atoms in total. The van der Waals surface area contributed by atoms with E-state index in [1.807, 2.05) is 42.5 Å². The van der Waals surface area contributed by atoms with E-state index in [2.05, 4.69) is 20.8 Å². The van der Waals surface area contributed by atoms with E-state index < -0.39 is 0 Å². The summed E-state index contributed by atoms with van der Waals surface area (Å²) < 4.78 is 15.9. The Morgan fingerprint density at radius 1 is 1.07 bits per heavy atom. The van der Waals surface area contributed by atoms with Gasteiger partial charge in [-0.3, -0.25) is 4.79 Å². The van der Waals surface area contributed by atoms with Crippen molar-refractivity contribution >= 4 is 17.4 Å². The van der Waals surface area contributed by atoms with Crippen molar-refractivity contribution in [3.8, 4) is 17.2 Å². The van der Waals surface area contributed by atoms with E-state index >= 15 is 0 Å². The number of carbonyl (C=O) groups excluding carboxylic acids is 1. The van der Waals surface area contributed by atoms with E-state index in [0.717, 1.165) is 17.0 Å². The van der Waals surface area contributed by atoms with Crippen LogP contribution in [0.3, 0.4) is 0 Å². The Bertz CT molecular complexity index is 992. The van der Waals surface area contributed by atoms with Gasteiger partial charge in [-0.05, 0) is 30.3 Å². The second-order valence-corrected chi connectivity index (χ2v) is 5.99. The SMILES string of the molecule is COc1ccccc1CNC(=O)c1ccc(Nc2ccc3c(c2)OCO3)nn1. The maximum atomic E-state index is 12.3. The molecule has 0 spiro atoms. The Morgan fingerprint density at radius 3 is 2.75 bits per heavy atom. The molecule has 0 aliphatic carbocycles. The van der Waals surface area contributed by atoms with E-state index in [0.29, 0.717) is 23.9 Å². The van der Waals surface area contributed by atoms with Crippen LogP contribution in [0.4, 0.5) is 11.5 Å². The van der Waals surface area contributed by atoms with Gasteiger partial charge in [-0.2, -0.15) is 0 Å². The molecule has 142 valence electrons. The van der Waals surface area contributed by atoms with Crippen LogP contribution in [0.15, 0.2) is 54.6 Å². The standard InChI is InChI=1S/C20H18N4O4/c1-26-16-5-3-2-4-13(16)11-21-20(25)15-7-9-19(24-23-15)22-14-6-8-17-18(10-14)28-12-27-17/h2-10H,11-12H2,1H3,(H,21,25)(H,22,24). The first kappa shape index (κ1) is 17.6. The Labute approximate surface area is 161 Å². The maximum absolute atomic E-state index is 12.3. The topological polar surface area (TPSA) is 94.6 Å². The lowest BCUT2D eigenvalue weighted by atomic mass is 10.2. The van der Waals surface area contributed by atoms with Crippen molar-refractivity contribution in [3.05, 3.63) is 65.9 Å². The van der Waals surface area contributed by atoms with Crippen LogP contribution in [-0.4, -0.2) is 30.0 Å². The van der Waals surface area contributed by atoms with Crippen molar-refractivity contribution in [1.29, 1.82) is 0 Å². The molecule has 1 aliphatic heterocycles. The van der Waals surface area contributed by atoms with Crippen LogP contribution in [0.2, 0.25) is 0 Å². The van der Waals surface area contributed by atoms with Crippen LogP contribution in [0, 0.1) is 0 Å². The molecule has 2 heterocycles. The number of aromatic nitrogens is 2. The molecule has 0 radical (unpaired) electrons. The zero-order valence-corrected chi connectivity index (χ0v) is 15.1. The molecule has 4 rings (SSSR count). The maximum Gasteiger partial charge on any atom is 0.272 e. The van der Waals surface area contributed by atoms with E-state index in [1.165, 1.54) is 0 Å². The summed E-state index contributed by atoms with van der Waals surface area (Å²) in [5.74, 6) is 2.30. The van der Waals surface area contributed by atoms with Crippen molar-refractivity contribution < 1.29 is 19.0 Å². The van der Waals surface area contributed by atoms with Gasteiger partial charge in [0.15, 0.2) is 23.0 Å². The quantitative estimate of drug-likeness (QED) is 0.681. The van der Waals surface area contributed by atoms with Gasteiger partial charge >= 0.3 is 0 Å². The van der Waals surface area contributed by atoms with Crippen molar-refractivity contribution in [3.63, 3.8) is 0 Å². The Balaban J connectivity index is 1.38. The van der Waals surface area contributed by atoms with Gasteiger partial charge < -0.3 is 24.8 Å². The van der Waals surface area contributed by atoms with Crippen molar-refractivity contribution in [1.82, 2.24) is 15.5 Å². The molecule has 0 atom stereocenters. The summed E-state index contributed by atoms with van der Waals surface area (Å²) in [6.45, 7) is 0.555. The number of hydrogen-bond acceptors (Lipinski definition) is 7. The number of fused-ring (bicyclic) bond motifs is 1. The van der Waals surface area contributed by atoms with E-state index in [1.54, 1.807) is 19.2 Å². The van der Waals surface area contributed by atoms with Gasteiger partial charge in [0.25, 0.3) is 5.91 Å². The molecule has 1 amide bonds. The second-order valence-electron chi connectivity index (χ2n) is 5.99. The predicted octanol–water partition coefficient (Wildman–Crippen LogP) is 2.89. The minimum absolute atomic E-state index is 0.220. The average Bonchev–Trinajstić information content (AvgIpc) is 3.20. The van der Waals surface area contributed by atoms with Crippen LogP contribution in [0.25, 0.3) is 0 Å². The van der Waals surface area contributed by atoms with Gasteiger partial charge in [0, 0.05) is 23.9 Å². The summed E-state index contributed by atoms with van der Waals surface area (Å²) in [4.78, 5) is 12.3. The molecule has 8 heteroatoms. The fraction of sp³-hybridized carbons (Fsp3) is 0.150. The number of methoxy groups -OCH3 is 1. The van der Waals surface area contributed by atoms with Crippen LogP contribution in [0.5, 0.6) is 17.2 Å². The van der Waals surface area contributed by atoms with E-state index in [4.69, 9.17) is 14.2 Å². The summed E-state index contributed by atoms with van der Waals surface area (Å²) in [7, 11) is 1.60. The summed E-state index contributed by atoms with van der Waals surface area (Å²) in [5, 5.41) is 14.0. The highest BCUT2D eigenvalue weighted by atomic mass is 16.7. The average molecular weight is 378 g/mol. The molecule has 0 unspecified atom stereocenters. The lowest BCUT2D eigenvalue weighted by Crippen LogP contribution is -2.24. The largest absolute Gasteiger partial charge is 0.496 e. The Kier molecular flexibility index (Phi) is 4.92. The Morgan fingerprint density at radius 2 is 1.93 bits per heavy atom. The summed E-state index contributed by atoms with van der Waals surface area (Å²) >= 11 is 0. The normalized spacial score (nSPS) is 11.8. The third-order valence-corrected chi connectivity index (χ3v) is 4.17. The number of nitrogens with one attached hydrogen (secondary N) is 2. The van der Waals surface area contributed by atoms with Crippen molar-refractivity contribution in [2.24, 2.45) is 0 Å². The van der Waals surface area contributed by atoms with Crippen LogP contribution < -0.4 is 24.8 Å². The number of anilines is 2. The highest BCUT2D eigenvalue weighted by Gasteiger charge is 2.14. The first-order chi connectivity index (χ1) is 13.7. The van der Waals surface area contributed by atoms with E-state index in [-0.39, 0.29) is 18.4 Å². The molecule has 1 aromatic heterocycles. The number of ether oxygens (including phenoxy) is 3. The fourth-order valence-corrected chi connectivity index (χ4v) is 2.76. The van der Waals surface area contributed by atoms with Crippen LogP contribution >= 0.6 is 0 Å². The molecule has 3 aromatic rings. The summed E-state index contributed by atoms with van der Waals surface area (Å²) in [5.41, 5.74) is 1.89. The molecule has 0 fully saturated rings. The molecular weight excluding hydrogens is 360 g/mol. The molecule has 0 saturated heterocycles. The monoisotopic (exact) mass is 378 g/mol. The third-order valence-electron chi connectivity index (χ3n) is 4.17. The molecule has 0 bridgehead atoms. The highest BCUT2D eigenvalue weighted by molar-refractivity contribution is 5.92. The smallest absolute Gasteiger partial charge is 0.272 e. The number of amides is 1. The first-order valence-electron chi connectivity index (χ1n) is 8.63. The first-order valence-corrected chi connectivity index (χ1v) is 8.63. The number of rotatable bonds is 6. The molecule has 2 aromatic carbocycles. The third kappa shape index (κ3) is 3.80. The Hall–Kier alpha value is -3.81. The summed E-state index contributed by atoms with van der Waals surface area (Å²) in [6, 6.07) is 16.3. The van der Waals surface area contributed by atoms with Gasteiger partial charge in [0.1, 0.15) is 5.75 Å². The lowest BCUT2D eigenvalue weighted by Gasteiger charge is -2.09. The van der Waals surface area contributed by atoms with Gasteiger partial charge in [-0.15, -0.1) is 10.2 Å². The second kappa shape index (κ2) is 7.83. The van der Waals surface area contributed by atoms with Gasteiger partial charge in [-0.1, -0.05) is 18.2 Å². The van der Waals surface area contributed by atoms with Crippen LogP contribution in [0.1, 0.15) is 16.1 Å². The zero-order chi connectivity index (χ0) is 19.3. The number of benzene rings is 2. The highest BCUT2D eigenvalue weighted by Crippen LogP contribution is 2.34. The molecule has 28 heavy (non-hydrogen) atoms. The molecule has 0 saturated carbocycles. The fourth-order valence-electron chi connectivity index (χ4n) is 2.76. The van der Waals surface area contributed by atoms with Gasteiger partial charge in [0.2, 0.25) is 6.79 Å². The van der Waals surface area contributed by atoms with Gasteiger partial charge in [0.05, 0.1) is 7.11 Å². The lowest BCUT2D eigenvalue weighted by molar-refractivity contribution is 0.0944. The van der Waals surface area contributed by atoms with E-state index in [9.17, 15) is 4.79 Å². The number of para-hydroxylation sites is 1. The molecule has 1 aliphatic rings. The van der Waals surface area contributed by atoms with Crippen LogP contribution in [-0.2, 0) is 6.54 Å². The number of hydrogen-bond donors (Lipinski definition) is 2. The van der Waals surface area contributed by atoms with Crippen molar-refractivity contribution in [2.45, 2.75) is 6.54 Å². The number of carbonyl (C=O) groups is 1. The molecule has 2 N–H and O–H groups in total. The summed E-state index contributed by atoms with van der Waals surface area (Å²) in [6.07, 6.45) is 0. The van der Waals surface area contributed by atoms with Crippen molar-refractivity contribution in [2.75, 3.05) is 19.2 Å².